The van der Waals surface area contributed by atoms with Crippen molar-refractivity contribution in [2.75, 3.05) is 27.2 Å². The van der Waals surface area contributed by atoms with Crippen LogP contribution in [-0.2, 0) is 0 Å². The summed E-state index contributed by atoms with van der Waals surface area (Å²) in [5.41, 5.74) is -0.628. The van der Waals surface area contributed by atoms with E-state index < -0.39 is 22.3 Å². The second-order valence-electron chi connectivity index (χ2n) is 3.75. The predicted molar refractivity (Wildman–Crippen MR) is 63.9 cm³/mol. The molecule has 7 heteroatoms. The van der Waals surface area contributed by atoms with Crippen LogP contribution in [0.15, 0.2) is 18.2 Å². The average Bonchev–Trinajstić information content (AvgIpc) is 2.34. The standard InChI is InChI=1S/C11H14FN3O3/c1-13-5-6-14(2)11(16)9-4-3-8(12)7-10(9)15(17)18/h3-4,7,13H,5-6H2,1-2H3. The lowest BCUT2D eigenvalue weighted by molar-refractivity contribution is -0.385. The number of likely N-dealkylation sites (N-methyl/N-ethyl adjacent to an activating group) is 2. The maximum absolute atomic E-state index is 12.9. The van der Waals surface area contributed by atoms with Crippen LogP contribution in [0.5, 0.6) is 0 Å². The molecule has 0 aliphatic rings. The molecule has 0 aromatic heterocycles. The van der Waals surface area contributed by atoms with E-state index in [4.69, 9.17) is 0 Å². The molecule has 0 spiro atoms. The van der Waals surface area contributed by atoms with E-state index in [2.05, 4.69) is 5.32 Å². The number of carbonyl (C=O) groups is 1. The third-order valence-electron chi connectivity index (χ3n) is 2.43. The highest BCUT2D eigenvalue weighted by atomic mass is 19.1. The number of nitrogens with one attached hydrogen (secondary N) is 1. The monoisotopic (exact) mass is 255 g/mol. The number of carbonyl (C=O) groups excluding carboxylic acids is 1. The Morgan fingerprint density at radius 1 is 1.56 bits per heavy atom. The summed E-state index contributed by atoms with van der Waals surface area (Å²) >= 11 is 0. The maximum Gasteiger partial charge on any atom is 0.285 e. The summed E-state index contributed by atoms with van der Waals surface area (Å²) in [6.07, 6.45) is 0. The van der Waals surface area contributed by atoms with Crippen molar-refractivity contribution in [1.82, 2.24) is 10.2 Å². The molecule has 0 aliphatic carbocycles. The zero-order valence-corrected chi connectivity index (χ0v) is 10.1. The number of nitro benzene ring substituents is 1. The summed E-state index contributed by atoms with van der Waals surface area (Å²) in [6.45, 7) is 0.973. The molecule has 0 aliphatic heterocycles. The van der Waals surface area contributed by atoms with Crippen LogP contribution in [0, 0.1) is 15.9 Å². The van der Waals surface area contributed by atoms with Crippen molar-refractivity contribution >= 4 is 11.6 Å². The van der Waals surface area contributed by atoms with Gasteiger partial charge in [0.25, 0.3) is 11.6 Å². The first-order chi connectivity index (χ1) is 8.47. The Hall–Kier alpha value is -2.02. The molecule has 0 bridgehead atoms. The van der Waals surface area contributed by atoms with E-state index in [-0.39, 0.29) is 5.56 Å². The van der Waals surface area contributed by atoms with Crippen LogP contribution in [0.2, 0.25) is 0 Å². The molecule has 1 amide bonds. The van der Waals surface area contributed by atoms with E-state index in [1.54, 1.807) is 7.05 Å². The molecule has 0 saturated carbocycles. The summed E-state index contributed by atoms with van der Waals surface area (Å²) < 4.78 is 12.9. The fourth-order valence-electron chi connectivity index (χ4n) is 1.42. The van der Waals surface area contributed by atoms with Gasteiger partial charge in [-0.1, -0.05) is 0 Å². The SMILES string of the molecule is CNCCN(C)C(=O)c1ccc(F)cc1[N+](=O)[O-]. The molecule has 0 saturated heterocycles. The van der Waals surface area contributed by atoms with Crippen molar-refractivity contribution < 1.29 is 14.1 Å². The van der Waals surface area contributed by atoms with Crippen molar-refractivity contribution in [2.24, 2.45) is 0 Å². The first-order valence-electron chi connectivity index (χ1n) is 5.31. The Morgan fingerprint density at radius 2 is 2.22 bits per heavy atom. The lowest BCUT2D eigenvalue weighted by Gasteiger charge is -2.16. The van der Waals surface area contributed by atoms with E-state index in [1.807, 2.05) is 0 Å². The molecule has 18 heavy (non-hydrogen) atoms. The van der Waals surface area contributed by atoms with Gasteiger partial charge in [-0.2, -0.15) is 0 Å². The number of halogens is 1. The van der Waals surface area contributed by atoms with Crippen molar-refractivity contribution in [3.05, 3.63) is 39.7 Å². The van der Waals surface area contributed by atoms with Crippen molar-refractivity contribution in [3.63, 3.8) is 0 Å². The molecule has 6 nitrogen and oxygen atoms in total. The molecule has 98 valence electrons. The van der Waals surface area contributed by atoms with E-state index in [9.17, 15) is 19.3 Å². The van der Waals surface area contributed by atoms with Gasteiger partial charge in [-0.3, -0.25) is 14.9 Å². The number of hydrogen-bond acceptors (Lipinski definition) is 4. The molecule has 0 radical (unpaired) electrons. The minimum Gasteiger partial charge on any atom is -0.340 e. The van der Waals surface area contributed by atoms with Gasteiger partial charge < -0.3 is 10.2 Å². The molecular formula is C11H14FN3O3. The molecule has 1 aromatic carbocycles. The molecule has 1 aromatic rings. The van der Waals surface area contributed by atoms with Gasteiger partial charge in [0.05, 0.1) is 11.0 Å². The summed E-state index contributed by atoms with van der Waals surface area (Å²) in [4.78, 5) is 23.3. The molecule has 0 heterocycles. The minimum atomic E-state index is -0.762. The van der Waals surface area contributed by atoms with Crippen molar-refractivity contribution in [2.45, 2.75) is 0 Å². The maximum atomic E-state index is 12.9. The smallest absolute Gasteiger partial charge is 0.285 e. The van der Waals surface area contributed by atoms with E-state index in [0.717, 1.165) is 18.2 Å². The normalized spacial score (nSPS) is 10.2. The molecule has 1 N–H and O–H groups in total. The van der Waals surface area contributed by atoms with Crippen LogP contribution >= 0.6 is 0 Å². The number of rotatable bonds is 5. The van der Waals surface area contributed by atoms with Gasteiger partial charge in [0.15, 0.2) is 0 Å². The van der Waals surface area contributed by atoms with Crippen LogP contribution < -0.4 is 5.32 Å². The Labute approximate surface area is 104 Å². The average molecular weight is 255 g/mol. The Bertz CT molecular complexity index is 465. The van der Waals surface area contributed by atoms with Gasteiger partial charge in [-0.15, -0.1) is 0 Å². The molecule has 0 fully saturated rings. The molecule has 1 rings (SSSR count). The van der Waals surface area contributed by atoms with Crippen LogP contribution in [0.25, 0.3) is 0 Å². The first kappa shape index (κ1) is 14.0. The second kappa shape index (κ2) is 6.06. The highest BCUT2D eigenvalue weighted by Crippen LogP contribution is 2.20. The number of nitrogens with zero attached hydrogens (tertiary/aromatic N) is 2. The lowest BCUT2D eigenvalue weighted by atomic mass is 10.1. The van der Waals surface area contributed by atoms with E-state index in [0.29, 0.717) is 13.1 Å². The third-order valence-corrected chi connectivity index (χ3v) is 2.43. The minimum absolute atomic E-state index is 0.111. The van der Waals surface area contributed by atoms with Crippen LogP contribution in [-0.4, -0.2) is 42.9 Å². The molecular weight excluding hydrogens is 241 g/mol. The fraction of sp³-hybridized carbons (Fsp3) is 0.364. The second-order valence-corrected chi connectivity index (χ2v) is 3.75. The Balaban J connectivity index is 3.01. The van der Waals surface area contributed by atoms with Gasteiger partial charge in [0.1, 0.15) is 11.4 Å². The van der Waals surface area contributed by atoms with Gasteiger partial charge >= 0.3 is 0 Å². The van der Waals surface area contributed by atoms with Crippen LogP contribution in [0.1, 0.15) is 10.4 Å². The van der Waals surface area contributed by atoms with Gasteiger partial charge in [-0.05, 0) is 19.2 Å². The van der Waals surface area contributed by atoms with Gasteiger partial charge in [-0.25, -0.2) is 4.39 Å². The fourth-order valence-corrected chi connectivity index (χ4v) is 1.42. The summed E-state index contributed by atoms with van der Waals surface area (Å²) in [5, 5.41) is 13.6. The highest BCUT2D eigenvalue weighted by molar-refractivity contribution is 5.98. The molecule has 0 unspecified atom stereocenters. The Kier molecular flexibility index (Phi) is 4.73. The van der Waals surface area contributed by atoms with Crippen LogP contribution in [0.4, 0.5) is 10.1 Å². The van der Waals surface area contributed by atoms with E-state index >= 15 is 0 Å². The van der Waals surface area contributed by atoms with Gasteiger partial charge in [0, 0.05) is 20.1 Å². The van der Waals surface area contributed by atoms with Crippen LogP contribution in [0.3, 0.4) is 0 Å². The zero-order chi connectivity index (χ0) is 13.7. The summed E-state index contributed by atoms with van der Waals surface area (Å²) in [5.74, 6) is -1.24. The zero-order valence-electron chi connectivity index (χ0n) is 10.1. The van der Waals surface area contributed by atoms with Crippen molar-refractivity contribution in [1.29, 1.82) is 0 Å². The Morgan fingerprint density at radius 3 is 2.78 bits per heavy atom. The summed E-state index contributed by atoms with van der Waals surface area (Å²) in [7, 11) is 3.27. The van der Waals surface area contributed by atoms with E-state index in [1.165, 1.54) is 11.9 Å². The first-order valence-corrected chi connectivity index (χ1v) is 5.31. The number of benzene rings is 1. The quantitative estimate of drug-likeness (QED) is 0.629. The predicted octanol–water partition coefficient (Wildman–Crippen LogP) is 1.03. The summed E-state index contributed by atoms with van der Waals surface area (Å²) in [6, 6.07) is 2.91. The molecule has 0 atom stereocenters. The number of nitro groups is 1. The third kappa shape index (κ3) is 3.24. The van der Waals surface area contributed by atoms with Crippen molar-refractivity contribution in [3.8, 4) is 0 Å². The number of hydrogen-bond donors (Lipinski definition) is 1. The van der Waals surface area contributed by atoms with Gasteiger partial charge in [0.2, 0.25) is 0 Å². The number of amides is 1. The lowest BCUT2D eigenvalue weighted by Crippen LogP contribution is -2.33. The largest absolute Gasteiger partial charge is 0.340 e. The topological polar surface area (TPSA) is 75.5 Å². The highest BCUT2D eigenvalue weighted by Gasteiger charge is 2.23.